The molecule has 1 saturated heterocycles. The van der Waals surface area contributed by atoms with Crippen molar-refractivity contribution in [3.63, 3.8) is 0 Å². The van der Waals surface area contributed by atoms with Crippen molar-refractivity contribution in [2.45, 2.75) is 37.8 Å². The van der Waals surface area contributed by atoms with Gasteiger partial charge in [0.05, 0.1) is 17.0 Å². The lowest BCUT2D eigenvalue weighted by atomic mass is 9.64. The summed E-state index contributed by atoms with van der Waals surface area (Å²) < 4.78 is 0. The van der Waals surface area contributed by atoms with Crippen molar-refractivity contribution in [3.8, 4) is 0 Å². The summed E-state index contributed by atoms with van der Waals surface area (Å²) in [6, 6.07) is 28.3. The smallest absolute Gasteiger partial charge is 0.238 e. The molecule has 0 aromatic heterocycles. The third-order valence-electron chi connectivity index (χ3n) is 9.11. The lowest BCUT2D eigenvalue weighted by Crippen LogP contribution is -2.51. The van der Waals surface area contributed by atoms with Crippen LogP contribution in [0.5, 0.6) is 0 Å². The van der Waals surface area contributed by atoms with Gasteiger partial charge in [-0.25, -0.2) is 0 Å². The van der Waals surface area contributed by atoms with Gasteiger partial charge in [-0.05, 0) is 53.3 Å². The molecule has 1 amide bonds. The molecule has 5 nitrogen and oxygen atoms in total. The number of hydrogen-bond donors (Lipinski definition) is 1. The van der Waals surface area contributed by atoms with E-state index in [1.54, 1.807) is 24.3 Å². The van der Waals surface area contributed by atoms with Gasteiger partial charge in [-0.15, -0.1) is 0 Å². The zero-order valence-electron chi connectivity index (χ0n) is 24.0. The Morgan fingerprint density at radius 2 is 1.58 bits per heavy atom. The SMILES string of the molecule is CC(C)Cc1ccc(C(=O)[C@@H]2[C@H](C(=O)c3ccccc3Cl)N3c4ccccc4C=C[C@@H]3[C@@]23C(=O)Nc2ccccc23)cc1. The van der Waals surface area contributed by atoms with E-state index in [0.29, 0.717) is 27.8 Å². The van der Waals surface area contributed by atoms with Gasteiger partial charge in [0, 0.05) is 22.5 Å². The normalized spacial score (nSPS) is 23.2. The molecule has 6 heteroatoms. The summed E-state index contributed by atoms with van der Waals surface area (Å²) in [5.74, 6) is -1.37. The second-order valence-corrected chi connectivity index (χ2v) is 12.5. The zero-order chi connectivity index (χ0) is 29.9. The van der Waals surface area contributed by atoms with E-state index in [1.165, 1.54) is 0 Å². The first-order chi connectivity index (χ1) is 20.8. The predicted molar refractivity (Wildman–Crippen MR) is 171 cm³/mol. The molecule has 4 atom stereocenters. The second-order valence-electron chi connectivity index (χ2n) is 12.1. The monoisotopic (exact) mass is 586 g/mol. The third-order valence-corrected chi connectivity index (χ3v) is 9.44. The Morgan fingerprint density at radius 3 is 2.35 bits per heavy atom. The van der Waals surface area contributed by atoms with E-state index in [-0.39, 0.29) is 17.5 Å². The quantitative estimate of drug-likeness (QED) is 0.239. The van der Waals surface area contributed by atoms with Crippen LogP contribution in [0.3, 0.4) is 0 Å². The number of hydrogen-bond acceptors (Lipinski definition) is 4. The van der Waals surface area contributed by atoms with Crippen LogP contribution in [0.4, 0.5) is 11.4 Å². The maximum atomic E-state index is 15.0. The number of nitrogens with one attached hydrogen (secondary N) is 1. The van der Waals surface area contributed by atoms with Crippen molar-refractivity contribution in [2.24, 2.45) is 11.8 Å². The van der Waals surface area contributed by atoms with Crippen molar-refractivity contribution in [1.29, 1.82) is 0 Å². The first-order valence-electron chi connectivity index (χ1n) is 14.7. The van der Waals surface area contributed by atoms with Crippen LogP contribution in [0.25, 0.3) is 6.08 Å². The molecule has 1 N–H and O–H groups in total. The Balaban J connectivity index is 1.49. The summed E-state index contributed by atoms with van der Waals surface area (Å²) in [6.07, 6.45) is 4.87. The van der Waals surface area contributed by atoms with Gasteiger partial charge in [-0.3, -0.25) is 14.4 Å². The second kappa shape index (κ2) is 10.4. The minimum Gasteiger partial charge on any atom is -0.352 e. The molecular weight excluding hydrogens is 556 g/mol. The van der Waals surface area contributed by atoms with E-state index in [1.807, 2.05) is 89.8 Å². The van der Waals surface area contributed by atoms with E-state index >= 15 is 0 Å². The Bertz CT molecular complexity index is 1810. The van der Waals surface area contributed by atoms with Crippen LogP contribution in [-0.4, -0.2) is 29.6 Å². The van der Waals surface area contributed by atoms with E-state index in [9.17, 15) is 14.4 Å². The van der Waals surface area contributed by atoms with Crippen LogP contribution < -0.4 is 10.2 Å². The molecule has 214 valence electrons. The van der Waals surface area contributed by atoms with Gasteiger partial charge in [0.15, 0.2) is 11.6 Å². The van der Waals surface area contributed by atoms with Crippen molar-refractivity contribution < 1.29 is 14.4 Å². The van der Waals surface area contributed by atoms with Crippen molar-refractivity contribution in [1.82, 2.24) is 0 Å². The van der Waals surface area contributed by atoms with Gasteiger partial charge in [0.2, 0.25) is 5.91 Å². The van der Waals surface area contributed by atoms with E-state index in [4.69, 9.17) is 11.6 Å². The summed E-state index contributed by atoms with van der Waals surface area (Å²) in [6.45, 7) is 4.31. The fourth-order valence-electron chi connectivity index (χ4n) is 7.40. The summed E-state index contributed by atoms with van der Waals surface area (Å²) in [5.41, 5.74) is 3.70. The topological polar surface area (TPSA) is 66.5 Å². The number of para-hydroxylation sites is 2. The first-order valence-corrected chi connectivity index (χ1v) is 15.1. The van der Waals surface area contributed by atoms with Crippen LogP contribution >= 0.6 is 11.6 Å². The third kappa shape index (κ3) is 4.09. The number of fused-ring (bicyclic) bond motifs is 6. The Hall–Kier alpha value is -4.48. The van der Waals surface area contributed by atoms with Gasteiger partial charge in [-0.1, -0.05) is 110 Å². The standard InChI is InChI=1S/C37H31ClN2O3/c1-22(2)21-23-15-17-25(18-16-23)34(41)32-33(35(42)26-10-4-6-12-28(26)38)40-30-14-8-3-9-24(30)19-20-31(40)37(32)27-11-5-7-13-29(27)39-36(37)43/h3-20,22,31-33H,21H2,1-2H3,(H,39,43)/t31-,32+,33-,37-/m1/s1. The van der Waals surface area contributed by atoms with E-state index in [2.05, 4.69) is 19.2 Å². The van der Waals surface area contributed by atoms with Crippen LogP contribution in [0.15, 0.2) is 103 Å². The minimum atomic E-state index is -1.35. The highest BCUT2D eigenvalue weighted by atomic mass is 35.5. The lowest BCUT2D eigenvalue weighted by molar-refractivity contribution is -0.121. The average molecular weight is 587 g/mol. The number of rotatable bonds is 6. The zero-order valence-corrected chi connectivity index (χ0v) is 24.7. The number of anilines is 2. The molecule has 3 heterocycles. The van der Waals surface area contributed by atoms with Crippen molar-refractivity contribution in [3.05, 3.63) is 136 Å². The molecule has 0 saturated carbocycles. The van der Waals surface area contributed by atoms with E-state index < -0.39 is 23.4 Å². The van der Waals surface area contributed by atoms with Gasteiger partial charge in [0.25, 0.3) is 0 Å². The molecule has 0 bridgehead atoms. The summed E-state index contributed by atoms with van der Waals surface area (Å²) in [4.78, 5) is 46.2. The molecule has 4 aromatic rings. The molecule has 0 radical (unpaired) electrons. The van der Waals surface area contributed by atoms with Crippen LogP contribution in [0.2, 0.25) is 5.02 Å². The number of ketones is 2. The number of halogens is 1. The highest BCUT2D eigenvalue weighted by Gasteiger charge is 2.70. The van der Waals surface area contributed by atoms with Crippen LogP contribution in [0.1, 0.15) is 51.3 Å². The van der Waals surface area contributed by atoms with Gasteiger partial charge < -0.3 is 10.2 Å². The average Bonchev–Trinajstić information content (AvgIpc) is 3.49. The largest absolute Gasteiger partial charge is 0.352 e. The highest BCUT2D eigenvalue weighted by Crippen LogP contribution is 2.58. The molecule has 0 aliphatic carbocycles. The molecule has 7 rings (SSSR count). The van der Waals surface area contributed by atoms with Crippen LogP contribution in [-0.2, 0) is 16.6 Å². The number of benzene rings is 4. The van der Waals surface area contributed by atoms with Crippen molar-refractivity contribution in [2.75, 3.05) is 10.2 Å². The molecule has 1 spiro atoms. The van der Waals surface area contributed by atoms with Gasteiger partial charge in [-0.2, -0.15) is 0 Å². The van der Waals surface area contributed by atoms with Gasteiger partial charge >= 0.3 is 0 Å². The molecule has 3 aliphatic heterocycles. The fourth-order valence-corrected chi connectivity index (χ4v) is 7.63. The first kappa shape index (κ1) is 27.4. The predicted octanol–water partition coefficient (Wildman–Crippen LogP) is 7.39. The molecule has 0 unspecified atom stereocenters. The Morgan fingerprint density at radius 1 is 0.884 bits per heavy atom. The van der Waals surface area contributed by atoms with E-state index in [0.717, 1.165) is 28.8 Å². The highest BCUT2D eigenvalue weighted by molar-refractivity contribution is 6.34. The Kier molecular flexibility index (Phi) is 6.59. The summed E-state index contributed by atoms with van der Waals surface area (Å²) in [7, 11) is 0. The molecule has 3 aliphatic rings. The summed E-state index contributed by atoms with van der Waals surface area (Å²) in [5, 5.41) is 3.39. The maximum Gasteiger partial charge on any atom is 0.238 e. The lowest BCUT2D eigenvalue weighted by Gasteiger charge is -2.37. The number of amides is 1. The molecule has 4 aromatic carbocycles. The Labute approximate surface area is 256 Å². The number of carbonyl (C=O) groups is 3. The molecular formula is C37H31ClN2O3. The molecule has 43 heavy (non-hydrogen) atoms. The summed E-state index contributed by atoms with van der Waals surface area (Å²) >= 11 is 6.62. The van der Waals surface area contributed by atoms with Crippen molar-refractivity contribution >= 4 is 46.5 Å². The maximum absolute atomic E-state index is 15.0. The number of nitrogens with zero attached hydrogens (tertiary/aromatic N) is 1. The fraction of sp³-hybridized carbons (Fsp3) is 0.216. The number of Topliss-reactive ketones (excluding diaryl/α,β-unsaturated/α-hetero) is 2. The minimum absolute atomic E-state index is 0.242. The van der Waals surface area contributed by atoms with Crippen LogP contribution in [0, 0.1) is 11.8 Å². The van der Waals surface area contributed by atoms with Gasteiger partial charge in [0.1, 0.15) is 11.5 Å². The molecule has 1 fully saturated rings. The number of carbonyl (C=O) groups excluding carboxylic acids is 3.